The molecule has 0 aliphatic carbocycles. The van der Waals surface area contributed by atoms with Gasteiger partial charge >= 0.3 is 5.97 Å². The van der Waals surface area contributed by atoms with Gasteiger partial charge in [0.05, 0.1) is 0 Å². The van der Waals surface area contributed by atoms with Crippen LogP contribution in [0.2, 0.25) is 0 Å². The summed E-state index contributed by atoms with van der Waals surface area (Å²) < 4.78 is 5.57. The third-order valence-corrected chi connectivity index (χ3v) is 4.41. The summed E-state index contributed by atoms with van der Waals surface area (Å²) in [6.45, 7) is 11.5. The van der Waals surface area contributed by atoms with Crippen LogP contribution in [0.5, 0.6) is 0 Å². The summed E-state index contributed by atoms with van der Waals surface area (Å²) in [5.74, 6) is -0.202. The van der Waals surface area contributed by atoms with Crippen molar-refractivity contribution in [1.29, 1.82) is 0 Å². The fraction of sp³-hybridized carbons (Fsp3) is 0.409. The van der Waals surface area contributed by atoms with E-state index in [0.717, 1.165) is 17.9 Å². The van der Waals surface area contributed by atoms with E-state index in [1.807, 2.05) is 20.8 Å². The molecule has 4 heteroatoms. The molecule has 0 aromatic heterocycles. The smallest absolute Gasteiger partial charge is 0.326 e. The molecule has 138 valence electrons. The van der Waals surface area contributed by atoms with Crippen molar-refractivity contribution in [2.24, 2.45) is 0 Å². The van der Waals surface area contributed by atoms with E-state index in [9.17, 15) is 4.79 Å². The summed E-state index contributed by atoms with van der Waals surface area (Å²) >= 11 is 0. The molecule has 1 N–H and O–H groups in total. The van der Waals surface area contributed by atoms with Crippen molar-refractivity contribution in [3.63, 3.8) is 0 Å². The molecular weight excluding hydrogens is 324 g/mol. The zero-order valence-corrected chi connectivity index (χ0v) is 16.3. The molecule has 0 fully saturated rings. The minimum absolute atomic E-state index is 0.202. The molecule has 0 amide bonds. The van der Waals surface area contributed by atoms with Gasteiger partial charge in [-0.15, -0.1) is 0 Å². The molecule has 1 heterocycles. The SMILES string of the molecule is Cc1ccc2c(c1)CN(CC(=O)OC(C)(C)C)c1ccc(C)cc1CN2. The van der Waals surface area contributed by atoms with Crippen LogP contribution in [-0.4, -0.2) is 18.1 Å². The Labute approximate surface area is 156 Å². The van der Waals surface area contributed by atoms with E-state index in [1.165, 1.54) is 22.3 Å². The number of esters is 1. The average molecular weight is 352 g/mol. The summed E-state index contributed by atoms with van der Waals surface area (Å²) in [6, 6.07) is 12.8. The lowest BCUT2D eigenvalue weighted by atomic mass is 10.0. The molecule has 2 aromatic rings. The molecule has 4 nitrogen and oxygen atoms in total. The van der Waals surface area contributed by atoms with Crippen LogP contribution >= 0.6 is 0 Å². The van der Waals surface area contributed by atoms with Crippen molar-refractivity contribution in [2.75, 3.05) is 16.8 Å². The van der Waals surface area contributed by atoms with Crippen molar-refractivity contribution in [2.45, 2.75) is 53.3 Å². The number of rotatable bonds is 2. The fourth-order valence-corrected chi connectivity index (χ4v) is 3.34. The monoisotopic (exact) mass is 352 g/mol. The number of nitrogens with zero attached hydrogens (tertiary/aromatic N) is 1. The molecule has 3 rings (SSSR count). The molecule has 26 heavy (non-hydrogen) atoms. The summed E-state index contributed by atoms with van der Waals surface area (Å²) in [5.41, 5.74) is 6.55. The van der Waals surface area contributed by atoms with E-state index in [4.69, 9.17) is 4.74 Å². The topological polar surface area (TPSA) is 41.6 Å². The molecule has 1 aliphatic heterocycles. The molecule has 0 atom stereocenters. The number of nitrogens with one attached hydrogen (secondary N) is 1. The number of hydrogen-bond donors (Lipinski definition) is 1. The van der Waals surface area contributed by atoms with E-state index in [1.54, 1.807) is 0 Å². The first-order valence-electron chi connectivity index (χ1n) is 9.11. The maximum Gasteiger partial charge on any atom is 0.326 e. The minimum Gasteiger partial charge on any atom is -0.459 e. The largest absolute Gasteiger partial charge is 0.459 e. The van der Waals surface area contributed by atoms with Crippen LogP contribution in [0.4, 0.5) is 11.4 Å². The van der Waals surface area contributed by atoms with Gasteiger partial charge in [0.2, 0.25) is 0 Å². The first kappa shape index (κ1) is 18.3. The number of carbonyl (C=O) groups excluding carboxylic acids is 1. The lowest BCUT2D eigenvalue weighted by Gasteiger charge is -2.31. The van der Waals surface area contributed by atoms with Gasteiger partial charge in [0, 0.05) is 24.5 Å². The second kappa shape index (κ2) is 7.02. The van der Waals surface area contributed by atoms with Gasteiger partial charge in [-0.3, -0.25) is 4.79 Å². The summed E-state index contributed by atoms with van der Waals surface area (Å²) in [4.78, 5) is 14.6. The van der Waals surface area contributed by atoms with E-state index < -0.39 is 5.60 Å². The molecule has 2 aromatic carbocycles. The second-order valence-electron chi connectivity index (χ2n) is 8.09. The molecule has 0 radical (unpaired) electrons. The van der Waals surface area contributed by atoms with Gasteiger partial charge in [0.15, 0.2) is 0 Å². The Bertz CT molecular complexity index is 821. The summed E-state index contributed by atoms with van der Waals surface area (Å²) in [5, 5.41) is 3.55. The predicted octanol–water partition coefficient (Wildman–Crippen LogP) is 4.58. The van der Waals surface area contributed by atoms with Crippen LogP contribution in [0.3, 0.4) is 0 Å². The van der Waals surface area contributed by atoms with Gasteiger partial charge in [-0.2, -0.15) is 0 Å². The van der Waals surface area contributed by atoms with Gasteiger partial charge in [-0.1, -0.05) is 35.4 Å². The van der Waals surface area contributed by atoms with Crippen LogP contribution < -0.4 is 10.2 Å². The number of anilines is 2. The molecule has 1 aliphatic rings. The molecule has 0 saturated heterocycles. The highest BCUT2D eigenvalue weighted by atomic mass is 16.6. The third kappa shape index (κ3) is 4.37. The number of fused-ring (bicyclic) bond motifs is 2. The van der Waals surface area contributed by atoms with Gasteiger partial charge in [0.25, 0.3) is 0 Å². The Morgan fingerprint density at radius 1 is 1.08 bits per heavy atom. The van der Waals surface area contributed by atoms with Gasteiger partial charge in [-0.05, 0) is 57.9 Å². The minimum atomic E-state index is -0.480. The zero-order valence-electron chi connectivity index (χ0n) is 16.3. The van der Waals surface area contributed by atoms with Crippen LogP contribution in [-0.2, 0) is 22.6 Å². The van der Waals surface area contributed by atoms with Crippen LogP contribution in [0.15, 0.2) is 36.4 Å². The highest BCUT2D eigenvalue weighted by Crippen LogP contribution is 2.30. The van der Waals surface area contributed by atoms with Gasteiger partial charge < -0.3 is 15.0 Å². The Kier molecular flexibility index (Phi) is 4.94. The van der Waals surface area contributed by atoms with Crippen molar-refractivity contribution >= 4 is 17.3 Å². The first-order valence-corrected chi connectivity index (χ1v) is 9.11. The van der Waals surface area contributed by atoms with E-state index in [2.05, 4.69) is 60.5 Å². The average Bonchev–Trinajstić information content (AvgIpc) is 2.50. The highest BCUT2D eigenvalue weighted by Gasteiger charge is 2.23. The standard InChI is InChI=1S/C22H28N2O2/c1-15-6-8-19-18(11-15)13-24(14-21(25)26-22(3,4)5)20-9-7-16(2)10-17(20)12-23-19/h6-11,23H,12-14H2,1-5H3. The Balaban J connectivity index is 1.96. The Morgan fingerprint density at radius 3 is 2.42 bits per heavy atom. The Hall–Kier alpha value is -2.49. The van der Waals surface area contributed by atoms with Crippen LogP contribution in [0, 0.1) is 13.8 Å². The lowest BCUT2D eigenvalue weighted by Crippen LogP contribution is -2.36. The molecular formula is C22H28N2O2. The molecule has 0 bridgehead atoms. The first-order chi connectivity index (χ1) is 12.2. The van der Waals surface area contributed by atoms with Crippen molar-refractivity contribution in [1.82, 2.24) is 0 Å². The second-order valence-corrected chi connectivity index (χ2v) is 8.09. The maximum atomic E-state index is 12.5. The lowest BCUT2D eigenvalue weighted by molar-refractivity contribution is -0.153. The molecule has 0 spiro atoms. The van der Waals surface area contributed by atoms with Crippen molar-refractivity contribution in [3.8, 4) is 0 Å². The van der Waals surface area contributed by atoms with Crippen LogP contribution in [0.25, 0.3) is 0 Å². The normalized spacial score (nSPS) is 13.8. The van der Waals surface area contributed by atoms with E-state index in [-0.39, 0.29) is 12.5 Å². The summed E-state index contributed by atoms with van der Waals surface area (Å²) in [6.07, 6.45) is 0. The predicted molar refractivity (Wildman–Crippen MR) is 107 cm³/mol. The van der Waals surface area contributed by atoms with Gasteiger partial charge in [-0.25, -0.2) is 0 Å². The maximum absolute atomic E-state index is 12.5. The van der Waals surface area contributed by atoms with E-state index >= 15 is 0 Å². The van der Waals surface area contributed by atoms with Gasteiger partial charge in [0.1, 0.15) is 12.1 Å². The number of aryl methyl sites for hydroxylation is 2. The number of carbonyl (C=O) groups is 1. The summed E-state index contributed by atoms with van der Waals surface area (Å²) in [7, 11) is 0. The fourth-order valence-electron chi connectivity index (χ4n) is 3.34. The molecule has 0 saturated carbocycles. The highest BCUT2D eigenvalue weighted by molar-refractivity contribution is 5.77. The van der Waals surface area contributed by atoms with Crippen molar-refractivity contribution < 1.29 is 9.53 Å². The number of hydrogen-bond acceptors (Lipinski definition) is 4. The Morgan fingerprint density at radius 2 is 1.73 bits per heavy atom. The van der Waals surface area contributed by atoms with E-state index in [0.29, 0.717) is 6.54 Å². The third-order valence-electron chi connectivity index (χ3n) is 4.41. The molecule has 0 unspecified atom stereocenters. The quantitative estimate of drug-likeness (QED) is 0.804. The van der Waals surface area contributed by atoms with Crippen LogP contribution in [0.1, 0.15) is 43.0 Å². The number of ether oxygens (including phenoxy) is 1. The number of benzene rings is 2. The zero-order chi connectivity index (χ0) is 18.9. The van der Waals surface area contributed by atoms with Crippen molar-refractivity contribution in [3.05, 3.63) is 58.7 Å².